The largest absolute Gasteiger partial charge is 0.342 e. The average Bonchev–Trinajstić information content (AvgIpc) is 2.38. The first-order chi connectivity index (χ1) is 9.37. The van der Waals surface area contributed by atoms with Crippen LogP contribution in [0.25, 0.3) is 0 Å². The molecular formula is C15H24N4O. The maximum absolute atomic E-state index is 12.4. The van der Waals surface area contributed by atoms with Crippen LogP contribution in [0.5, 0.6) is 0 Å². The molecule has 0 bridgehead atoms. The Morgan fingerprint density at radius 3 is 2.70 bits per heavy atom. The Labute approximate surface area is 121 Å². The van der Waals surface area contributed by atoms with Crippen molar-refractivity contribution in [3.8, 4) is 0 Å². The lowest BCUT2D eigenvalue weighted by atomic mass is 9.97. The number of anilines is 1. The van der Waals surface area contributed by atoms with E-state index in [2.05, 4.69) is 28.2 Å². The minimum atomic E-state index is -0.546. The van der Waals surface area contributed by atoms with Gasteiger partial charge in [0.05, 0.1) is 0 Å². The summed E-state index contributed by atoms with van der Waals surface area (Å²) in [7, 11) is 3.78. The fourth-order valence-corrected chi connectivity index (χ4v) is 2.79. The summed E-state index contributed by atoms with van der Waals surface area (Å²) < 4.78 is 0. The first kappa shape index (κ1) is 14.8. The molecule has 0 aromatic carbocycles. The summed E-state index contributed by atoms with van der Waals surface area (Å²) in [5.74, 6) is 1.06. The van der Waals surface area contributed by atoms with Crippen LogP contribution in [0, 0.1) is 6.92 Å². The van der Waals surface area contributed by atoms with Crippen LogP contribution in [0.1, 0.15) is 25.0 Å². The van der Waals surface area contributed by atoms with Gasteiger partial charge in [0.2, 0.25) is 5.91 Å². The van der Waals surface area contributed by atoms with Crippen molar-refractivity contribution in [3.05, 3.63) is 23.4 Å². The number of aromatic nitrogens is 1. The van der Waals surface area contributed by atoms with E-state index in [1.54, 1.807) is 4.90 Å². The lowest BCUT2D eigenvalue weighted by Crippen LogP contribution is -2.62. The predicted octanol–water partition coefficient (Wildman–Crippen LogP) is 1.17. The van der Waals surface area contributed by atoms with Crippen LogP contribution in [0.15, 0.2) is 12.3 Å². The molecule has 2 heterocycles. The molecule has 1 aliphatic rings. The topological polar surface area (TPSA) is 48.5 Å². The summed E-state index contributed by atoms with van der Waals surface area (Å²) >= 11 is 0. The van der Waals surface area contributed by atoms with Crippen molar-refractivity contribution >= 4 is 11.7 Å². The van der Waals surface area contributed by atoms with E-state index in [4.69, 9.17) is 0 Å². The number of rotatable bonds is 3. The maximum Gasteiger partial charge on any atom is 0.247 e. The van der Waals surface area contributed by atoms with Crippen LogP contribution >= 0.6 is 0 Å². The van der Waals surface area contributed by atoms with E-state index >= 15 is 0 Å². The minimum absolute atomic E-state index is 0.143. The average molecular weight is 276 g/mol. The molecule has 5 heteroatoms. The van der Waals surface area contributed by atoms with E-state index in [-0.39, 0.29) is 5.91 Å². The first-order valence-corrected chi connectivity index (χ1v) is 7.01. The number of carbonyl (C=O) groups is 1. The highest BCUT2D eigenvalue weighted by Gasteiger charge is 2.41. The molecule has 1 aliphatic heterocycles. The van der Waals surface area contributed by atoms with Crippen molar-refractivity contribution in [2.75, 3.05) is 32.1 Å². The van der Waals surface area contributed by atoms with Crippen LogP contribution < -0.4 is 10.2 Å². The smallest absolute Gasteiger partial charge is 0.247 e. The molecule has 110 valence electrons. The van der Waals surface area contributed by atoms with E-state index in [0.717, 1.165) is 36.6 Å². The van der Waals surface area contributed by atoms with Crippen molar-refractivity contribution < 1.29 is 4.79 Å². The molecule has 1 N–H and O–H groups in total. The summed E-state index contributed by atoms with van der Waals surface area (Å²) in [6, 6.07) is 2.14. The van der Waals surface area contributed by atoms with Gasteiger partial charge in [-0.2, -0.15) is 0 Å². The molecule has 0 aliphatic carbocycles. The molecule has 0 spiro atoms. The summed E-state index contributed by atoms with van der Waals surface area (Å²) in [5.41, 5.74) is 1.73. The summed E-state index contributed by atoms with van der Waals surface area (Å²) in [6.45, 7) is 8.34. The number of nitrogens with one attached hydrogen (secondary N) is 1. The number of piperazine rings is 1. The predicted molar refractivity (Wildman–Crippen MR) is 80.8 cm³/mol. The molecule has 1 amide bonds. The Morgan fingerprint density at radius 1 is 1.40 bits per heavy atom. The van der Waals surface area contributed by atoms with Crippen molar-refractivity contribution in [1.82, 2.24) is 15.2 Å². The maximum atomic E-state index is 12.4. The number of pyridine rings is 1. The van der Waals surface area contributed by atoms with Crippen molar-refractivity contribution in [1.29, 1.82) is 0 Å². The molecule has 1 saturated heterocycles. The Bertz CT molecular complexity index is 513. The third-order valence-corrected chi connectivity index (χ3v) is 3.95. The quantitative estimate of drug-likeness (QED) is 0.900. The molecule has 20 heavy (non-hydrogen) atoms. The van der Waals surface area contributed by atoms with E-state index in [1.807, 2.05) is 34.1 Å². The number of hydrogen-bond donors (Lipinski definition) is 1. The molecule has 1 fully saturated rings. The molecule has 0 unspecified atom stereocenters. The van der Waals surface area contributed by atoms with Crippen LogP contribution in [0.3, 0.4) is 0 Å². The second-order valence-electron chi connectivity index (χ2n) is 5.95. The van der Waals surface area contributed by atoms with Crippen LogP contribution in [-0.2, 0) is 11.3 Å². The SMILES string of the molecule is CNCc1cnc(N2CCN(C)C(=O)C2(C)C)c(C)c1. The van der Waals surface area contributed by atoms with Gasteiger partial charge in [-0.25, -0.2) is 4.98 Å². The molecular weight excluding hydrogens is 252 g/mol. The highest BCUT2D eigenvalue weighted by Crippen LogP contribution is 2.29. The zero-order chi connectivity index (χ0) is 14.9. The van der Waals surface area contributed by atoms with Gasteiger partial charge in [-0.05, 0) is 45.0 Å². The molecule has 0 radical (unpaired) electrons. The van der Waals surface area contributed by atoms with Crippen molar-refractivity contribution in [2.45, 2.75) is 32.9 Å². The highest BCUT2D eigenvalue weighted by atomic mass is 16.2. The van der Waals surface area contributed by atoms with Gasteiger partial charge in [0.15, 0.2) is 0 Å². The Hall–Kier alpha value is -1.62. The van der Waals surface area contributed by atoms with Crippen molar-refractivity contribution in [2.24, 2.45) is 0 Å². The lowest BCUT2D eigenvalue weighted by molar-refractivity contribution is -0.136. The number of aryl methyl sites for hydroxylation is 1. The van der Waals surface area contributed by atoms with E-state index in [1.165, 1.54) is 0 Å². The van der Waals surface area contributed by atoms with Gasteiger partial charge in [-0.15, -0.1) is 0 Å². The fraction of sp³-hybridized carbons (Fsp3) is 0.600. The van der Waals surface area contributed by atoms with E-state index < -0.39 is 5.54 Å². The van der Waals surface area contributed by atoms with Crippen LogP contribution in [0.2, 0.25) is 0 Å². The third kappa shape index (κ3) is 2.50. The van der Waals surface area contributed by atoms with Gasteiger partial charge in [0.25, 0.3) is 0 Å². The van der Waals surface area contributed by atoms with Crippen LogP contribution in [0.4, 0.5) is 5.82 Å². The molecule has 2 rings (SSSR count). The van der Waals surface area contributed by atoms with Gasteiger partial charge in [-0.3, -0.25) is 4.79 Å². The Balaban J connectivity index is 2.33. The standard InChI is InChI=1S/C15H24N4O/c1-11-8-12(9-16-4)10-17-13(11)19-7-6-18(5)14(20)15(19,2)3/h8,10,16H,6-7,9H2,1-5H3. The lowest BCUT2D eigenvalue weighted by Gasteiger charge is -2.45. The first-order valence-electron chi connectivity index (χ1n) is 7.01. The Morgan fingerprint density at radius 2 is 2.10 bits per heavy atom. The molecule has 5 nitrogen and oxygen atoms in total. The monoisotopic (exact) mass is 276 g/mol. The molecule has 1 aromatic rings. The van der Waals surface area contributed by atoms with Gasteiger partial charge in [0.1, 0.15) is 11.4 Å². The van der Waals surface area contributed by atoms with Crippen molar-refractivity contribution in [3.63, 3.8) is 0 Å². The number of amides is 1. The van der Waals surface area contributed by atoms with Gasteiger partial charge in [-0.1, -0.05) is 0 Å². The van der Waals surface area contributed by atoms with E-state index in [0.29, 0.717) is 0 Å². The normalized spacial score (nSPS) is 18.6. The second-order valence-corrected chi connectivity index (χ2v) is 5.95. The number of carbonyl (C=O) groups excluding carboxylic acids is 1. The second kappa shape index (κ2) is 5.40. The summed E-state index contributed by atoms with van der Waals surface area (Å²) in [4.78, 5) is 20.9. The van der Waals surface area contributed by atoms with Gasteiger partial charge >= 0.3 is 0 Å². The van der Waals surface area contributed by atoms with Gasteiger partial charge in [0, 0.05) is 32.9 Å². The van der Waals surface area contributed by atoms with E-state index in [9.17, 15) is 4.79 Å². The summed E-state index contributed by atoms with van der Waals surface area (Å²) in [5, 5.41) is 3.12. The fourth-order valence-electron chi connectivity index (χ4n) is 2.79. The molecule has 0 saturated carbocycles. The molecule has 0 atom stereocenters. The van der Waals surface area contributed by atoms with Crippen LogP contribution in [-0.4, -0.2) is 48.5 Å². The number of hydrogen-bond acceptors (Lipinski definition) is 4. The zero-order valence-electron chi connectivity index (χ0n) is 13.0. The summed E-state index contributed by atoms with van der Waals surface area (Å²) in [6.07, 6.45) is 1.89. The zero-order valence-corrected chi connectivity index (χ0v) is 13.0. The number of nitrogens with zero attached hydrogens (tertiary/aromatic N) is 3. The Kier molecular flexibility index (Phi) is 3.99. The third-order valence-electron chi connectivity index (χ3n) is 3.95. The van der Waals surface area contributed by atoms with Gasteiger partial charge < -0.3 is 15.1 Å². The highest BCUT2D eigenvalue weighted by molar-refractivity contribution is 5.90. The molecule has 1 aromatic heterocycles. The minimum Gasteiger partial charge on any atom is -0.342 e. The number of likely N-dealkylation sites (N-methyl/N-ethyl adjacent to an activating group) is 1.